The Morgan fingerprint density at radius 1 is 0.771 bits per heavy atom. The molecule has 3 aromatic carbocycles. The fourth-order valence-corrected chi connectivity index (χ4v) is 3.81. The zero-order valence-corrected chi connectivity index (χ0v) is 19.7. The zero-order chi connectivity index (χ0) is 24.9. The van der Waals surface area contributed by atoms with Crippen LogP contribution in [0.15, 0.2) is 66.7 Å². The van der Waals surface area contributed by atoms with Crippen molar-refractivity contribution in [3.8, 4) is 28.5 Å². The number of aromatic nitrogens is 1. The number of carbonyl (C=O) groups excluding carboxylic acids is 2. The van der Waals surface area contributed by atoms with Crippen molar-refractivity contribution in [3.63, 3.8) is 0 Å². The number of rotatable bonds is 7. The van der Waals surface area contributed by atoms with E-state index in [1.807, 2.05) is 24.3 Å². The summed E-state index contributed by atoms with van der Waals surface area (Å²) in [6, 6.07) is 19.2. The van der Waals surface area contributed by atoms with Crippen molar-refractivity contribution in [1.29, 1.82) is 0 Å². The van der Waals surface area contributed by atoms with Gasteiger partial charge in [0, 0.05) is 10.9 Å². The molecule has 1 aromatic heterocycles. The third-order valence-corrected chi connectivity index (χ3v) is 5.50. The van der Waals surface area contributed by atoms with Gasteiger partial charge in [0.25, 0.3) is 5.91 Å². The Morgan fingerprint density at radius 3 is 2.09 bits per heavy atom. The fourth-order valence-electron chi connectivity index (χ4n) is 3.81. The van der Waals surface area contributed by atoms with Crippen LogP contribution in [0.4, 0.5) is 5.69 Å². The predicted molar refractivity (Wildman–Crippen MR) is 133 cm³/mol. The molecule has 1 N–H and O–H groups in total. The summed E-state index contributed by atoms with van der Waals surface area (Å²) in [5.74, 6) is 0.453. The molecule has 0 aliphatic rings. The van der Waals surface area contributed by atoms with Gasteiger partial charge in [-0.2, -0.15) is 0 Å². The van der Waals surface area contributed by atoms with Gasteiger partial charge in [-0.05, 0) is 36.4 Å². The van der Waals surface area contributed by atoms with Gasteiger partial charge in [-0.3, -0.25) is 4.79 Å². The lowest BCUT2D eigenvalue weighted by atomic mass is 10.0. The molecule has 0 saturated carbocycles. The first-order valence-corrected chi connectivity index (χ1v) is 10.7. The van der Waals surface area contributed by atoms with Gasteiger partial charge in [0.2, 0.25) is 5.75 Å². The van der Waals surface area contributed by atoms with E-state index in [9.17, 15) is 9.59 Å². The number of hydrogen-bond donors (Lipinski definition) is 1. The molecule has 0 bridgehead atoms. The molecule has 0 fully saturated rings. The summed E-state index contributed by atoms with van der Waals surface area (Å²) < 4.78 is 21.2. The smallest absolute Gasteiger partial charge is 0.339 e. The third kappa shape index (κ3) is 4.59. The number of anilines is 1. The fraction of sp³-hybridized carbons (Fsp3) is 0.148. The largest absolute Gasteiger partial charge is 0.493 e. The van der Waals surface area contributed by atoms with Crippen molar-refractivity contribution in [2.24, 2.45) is 0 Å². The second-order valence-electron chi connectivity index (χ2n) is 7.48. The molecule has 178 valence electrons. The van der Waals surface area contributed by atoms with Crippen molar-refractivity contribution in [3.05, 3.63) is 77.9 Å². The Morgan fingerprint density at radius 2 is 1.43 bits per heavy atom. The lowest BCUT2D eigenvalue weighted by Crippen LogP contribution is -2.16. The summed E-state index contributed by atoms with van der Waals surface area (Å²) in [5, 5.41) is 3.50. The molecule has 4 aromatic rings. The molecular formula is C27H24N2O6. The number of esters is 1. The maximum atomic E-state index is 13.5. The highest BCUT2D eigenvalue weighted by atomic mass is 16.5. The van der Waals surface area contributed by atoms with Crippen molar-refractivity contribution < 1.29 is 28.5 Å². The lowest BCUT2D eigenvalue weighted by Gasteiger charge is -2.15. The van der Waals surface area contributed by atoms with Crippen LogP contribution >= 0.6 is 0 Å². The van der Waals surface area contributed by atoms with E-state index >= 15 is 0 Å². The summed E-state index contributed by atoms with van der Waals surface area (Å²) in [6.07, 6.45) is 0. The van der Waals surface area contributed by atoms with Crippen molar-refractivity contribution >= 4 is 28.5 Å². The molecule has 4 rings (SSSR count). The standard InChI is InChI=1S/C27H24N2O6/c1-32-23-13-16(14-24(33-2)25(23)34-3)22-15-19(17-9-5-7-11-20(17)28-22)26(30)29-21-12-8-6-10-18(21)27(31)35-4/h5-15H,1-4H3,(H,29,30). The van der Waals surface area contributed by atoms with Crippen molar-refractivity contribution in [1.82, 2.24) is 4.98 Å². The molecule has 8 nitrogen and oxygen atoms in total. The SMILES string of the molecule is COC(=O)c1ccccc1NC(=O)c1cc(-c2cc(OC)c(OC)c(OC)c2)nc2ccccc12. The van der Waals surface area contributed by atoms with E-state index in [1.54, 1.807) is 42.5 Å². The molecule has 0 radical (unpaired) electrons. The number of nitrogens with one attached hydrogen (secondary N) is 1. The van der Waals surface area contributed by atoms with Gasteiger partial charge in [-0.15, -0.1) is 0 Å². The minimum atomic E-state index is -0.543. The van der Waals surface area contributed by atoms with Gasteiger partial charge in [0.1, 0.15) is 0 Å². The number of carbonyl (C=O) groups is 2. The highest BCUT2D eigenvalue weighted by Gasteiger charge is 2.20. The Hall–Kier alpha value is -4.59. The number of nitrogens with zero attached hydrogens (tertiary/aromatic N) is 1. The van der Waals surface area contributed by atoms with Gasteiger partial charge in [-0.25, -0.2) is 9.78 Å². The molecular weight excluding hydrogens is 448 g/mol. The molecule has 0 atom stereocenters. The number of fused-ring (bicyclic) bond motifs is 1. The molecule has 1 heterocycles. The molecule has 35 heavy (non-hydrogen) atoms. The summed E-state index contributed by atoms with van der Waals surface area (Å²) in [6.45, 7) is 0. The summed E-state index contributed by atoms with van der Waals surface area (Å²) in [5.41, 5.74) is 2.83. The van der Waals surface area contributed by atoms with Gasteiger partial charge in [0.05, 0.1) is 56.5 Å². The highest BCUT2D eigenvalue weighted by molar-refractivity contribution is 6.14. The van der Waals surface area contributed by atoms with Crippen LogP contribution in [-0.4, -0.2) is 45.3 Å². The number of pyridine rings is 1. The lowest BCUT2D eigenvalue weighted by molar-refractivity contribution is 0.0602. The number of amides is 1. The first-order valence-electron chi connectivity index (χ1n) is 10.7. The Labute approximate surface area is 202 Å². The quantitative estimate of drug-likeness (QED) is 0.380. The van der Waals surface area contributed by atoms with Gasteiger partial charge < -0.3 is 24.3 Å². The summed E-state index contributed by atoms with van der Waals surface area (Å²) in [7, 11) is 5.89. The minimum absolute atomic E-state index is 0.256. The summed E-state index contributed by atoms with van der Waals surface area (Å²) in [4.78, 5) is 30.4. The second-order valence-corrected chi connectivity index (χ2v) is 7.48. The molecule has 0 saturated heterocycles. The summed E-state index contributed by atoms with van der Waals surface area (Å²) >= 11 is 0. The van der Waals surface area contributed by atoms with Gasteiger partial charge in [0.15, 0.2) is 11.5 Å². The Kier molecular flexibility index (Phi) is 6.82. The van der Waals surface area contributed by atoms with Crippen LogP contribution in [0.5, 0.6) is 17.2 Å². The van der Waals surface area contributed by atoms with E-state index in [0.29, 0.717) is 50.7 Å². The number of ether oxygens (including phenoxy) is 4. The van der Waals surface area contributed by atoms with E-state index in [-0.39, 0.29) is 5.56 Å². The van der Waals surface area contributed by atoms with Crippen LogP contribution in [-0.2, 0) is 4.74 Å². The zero-order valence-electron chi connectivity index (χ0n) is 19.7. The number of benzene rings is 3. The molecule has 0 spiro atoms. The van der Waals surface area contributed by atoms with E-state index < -0.39 is 11.9 Å². The maximum absolute atomic E-state index is 13.5. The van der Waals surface area contributed by atoms with E-state index in [2.05, 4.69) is 5.32 Å². The molecule has 8 heteroatoms. The predicted octanol–water partition coefficient (Wildman–Crippen LogP) is 4.97. The van der Waals surface area contributed by atoms with Crippen LogP contribution in [0.1, 0.15) is 20.7 Å². The maximum Gasteiger partial charge on any atom is 0.339 e. The molecule has 0 aliphatic carbocycles. The third-order valence-electron chi connectivity index (χ3n) is 5.50. The van der Waals surface area contributed by atoms with Crippen LogP contribution in [0, 0.1) is 0 Å². The van der Waals surface area contributed by atoms with Crippen LogP contribution in [0.2, 0.25) is 0 Å². The van der Waals surface area contributed by atoms with E-state index in [4.69, 9.17) is 23.9 Å². The van der Waals surface area contributed by atoms with Crippen molar-refractivity contribution in [2.75, 3.05) is 33.8 Å². The van der Waals surface area contributed by atoms with E-state index in [0.717, 1.165) is 0 Å². The average Bonchev–Trinajstić information content (AvgIpc) is 2.91. The molecule has 0 aliphatic heterocycles. The normalized spacial score (nSPS) is 10.5. The van der Waals surface area contributed by atoms with Crippen LogP contribution in [0.3, 0.4) is 0 Å². The number of hydrogen-bond acceptors (Lipinski definition) is 7. The first kappa shape index (κ1) is 23.6. The number of methoxy groups -OCH3 is 4. The van der Waals surface area contributed by atoms with Crippen LogP contribution in [0.25, 0.3) is 22.2 Å². The molecule has 1 amide bonds. The number of para-hydroxylation sites is 2. The first-order chi connectivity index (χ1) is 17.0. The van der Waals surface area contributed by atoms with Gasteiger partial charge >= 0.3 is 5.97 Å². The second kappa shape index (κ2) is 10.1. The topological polar surface area (TPSA) is 96.0 Å². The molecule has 0 unspecified atom stereocenters. The highest BCUT2D eigenvalue weighted by Crippen LogP contribution is 2.41. The van der Waals surface area contributed by atoms with E-state index in [1.165, 1.54) is 28.4 Å². The van der Waals surface area contributed by atoms with Gasteiger partial charge in [-0.1, -0.05) is 30.3 Å². The monoisotopic (exact) mass is 472 g/mol. The Bertz CT molecular complexity index is 1390. The van der Waals surface area contributed by atoms with Crippen LogP contribution < -0.4 is 19.5 Å². The average molecular weight is 472 g/mol. The Balaban J connectivity index is 1.84. The van der Waals surface area contributed by atoms with Crippen molar-refractivity contribution in [2.45, 2.75) is 0 Å². The minimum Gasteiger partial charge on any atom is -0.493 e.